The van der Waals surface area contributed by atoms with E-state index >= 15 is 0 Å². The summed E-state index contributed by atoms with van der Waals surface area (Å²) in [5.74, 6) is 1.66. The summed E-state index contributed by atoms with van der Waals surface area (Å²) in [6.45, 7) is 8.00. The molecule has 118 valence electrons. The van der Waals surface area contributed by atoms with E-state index in [0.717, 1.165) is 38.5 Å². The summed E-state index contributed by atoms with van der Waals surface area (Å²) in [5.41, 5.74) is 1.29. The maximum atomic E-state index is 5.73. The van der Waals surface area contributed by atoms with Gasteiger partial charge in [-0.2, -0.15) is 0 Å². The third kappa shape index (κ3) is 6.49. The van der Waals surface area contributed by atoms with Gasteiger partial charge in [0.2, 0.25) is 0 Å². The summed E-state index contributed by atoms with van der Waals surface area (Å²) in [5, 5.41) is 3.48. The zero-order valence-corrected chi connectivity index (χ0v) is 13.4. The van der Waals surface area contributed by atoms with Crippen LogP contribution in [-0.2, 0) is 11.3 Å². The molecular formula is C18H29NO2. The maximum absolute atomic E-state index is 5.73. The molecule has 0 amide bonds. The summed E-state index contributed by atoms with van der Waals surface area (Å²) in [4.78, 5) is 0. The van der Waals surface area contributed by atoms with E-state index in [1.54, 1.807) is 0 Å². The van der Waals surface area contributed by atoms with Crippen molar-refractivity contribution in [1.82, 2.24) is 5.32 Å². The molecule has 21 heavy (non-hydrogen) atoms. The van der Waals surface area contributed by atoms with Gasteiger partial charge in [0.1, 0.15) is 5.75 Å². The molecule has 1 atom stereocenters. The highest BCUT2D eigenvalue weighted by Gasteiger charge is 2.12. The second-order valence-corrected chi connectivity index (χ2v) is 6.29. The lowest BCUT2D eigenvalue weighted by Crippen LogP contribution is -2.31. The Morgan fingerprint density at radius 2 is 2.05 bits per heavy atom. The van der Waals surface area contributed by atoms with Crippen molar-refractivity contribution >= 4 is 0 Å². The van der Waals surface area contributed by atoms with Crippen LogP contribution in [0.5, 0.6) is 5.75 Å². The van der Waals surface area contributed by atoms with Gasteiger partial charge in [-0.15, -0.1) is 0 Å². The predicted molar refractivity (Wildman–Crippen MR) is 86.7 cm³/mol. The standard InChI is InChI=1S/C18H29NO2/c1-15(2)10-12-21-17-8-6-16(7-9-17)13-19-14-18-5-3-4-11-20-18/h6-9,15,18-19H,3-5,10-14H2,1-2H3. The second-order valence-electron chi connectivity index (χ2n) is 6.29. The summed E-state index contributed by atoms with van der Waals surface area (Å²) >= 11 is 0. The van der Waals surface area contributed by atoms with Crippen LogP contribution in [0.1, 0.15) is 45.1 Å². The van der Waals surface area contributed by atoms with Crippen molar-refractivity contribution in [2.75, 3.05) is 19.8 Å². The third-order valence-electron chi connectivity index (χ3n) is 3.86. The van der Waals surface area contributed by atoms with Crippen molar-refractivity contribution in [2.24, 2.45) is 5.92 Å². The molecule has 1 saturated heterocycles. The number of hydrogen-bond donors (Lipinski definition) is 1. The van der Waals surface area contributed by atoms with Crippen LogP contribution in [0.15, 0.2) is 24.3 Å². The molecule has 0 aromatic heterocycles. The first kappa shape index (κ1) is 16.3. The van der Waals surface area contributed by atoms with Gasteiger partial charge in [0.15, 0.2) is 0 Å². The fourth-order valence-corrected chi connectivity index (χ4v) is 2.46. The normalized spacial score (nSPS) is 18.9. The Balaban J connectivity index is 1.64. The van der Waals surface area contributed by atoms with Gasteiger partial charge in [0.05, 0.1) is 12.7 Å². The molecule has 1 heterocycles. The van der Waals surface area contributed by atoms with Crippen LogP contribution in [0.3, 0.4) is 0 Å². The first-order valence-corrected chi connectivity index (χ1v) is 8.28. The van der Waals surface area contributed by atoms with Gasteiger partial charge < -0.3 is 14.8 Å². The molecule has 0 spiro atoms. The zero-order chi connectivity index (χ0) is 14.9. The van der Waals surface area contributed by atoms with Crippen LogP contribution < -0.4 is 10.1 Å². The van der Waals surface area contributed by atoms with Crippen molar-refractivity contribution in [3.05, 3.63) is 29.8 Å². The summed E-state index contributed by atoms with van der Waals surface area (Å²) in [7, 11) is 0. The van der Waals surface area contributed by atoms with Crippen LogP contribution in [-0.4, -0.2) is 25.9 Å². The third-order valence-corrected chi connectivity index (χ3v) is 3.86. The average Bonchev–Trinajstić information content (AvgIpc) is 2.50. The van der Waals surface area contributed by atoms with E-state index in [1.165, 1.54) is 24.8 Å². The van der Waals surface area contributed by atoms with Gasteiger partial charge in [-0.05, 0) is 49.3 Å². The molecule has 1 aromatic rings. The van der Waals surface area contributed by atoms with Crippen LogP contribution in [0.2, 0.25) is 0 Å². The van der Waals surface area contributed by atoms with Gasteiger partial charge in [-0.25, -0.2) is 0 Å². The summed E-state index contributed by atoms with van der Waals surface area (Å²) < 4.78 is 11.4. The zero-order valence-electron chi connectivity index (χ0n) is 13.4. The number of benzene rings is 1. The minimum Gasteiger partial charge on any atom is -0.494 e. The number of ether oxygens (including phenoxy) is 2. The predicted octanol–water partition coefficient (Wildman–Crippen LogP) is 3.77. The molecule has 1 aliphatic rings. The van der Waals surface area contributed by atoms with Gasteiger partial charge in [-0.1, -0.05) is 26.0 Å². The fraction of sp³-hybridized carbons (Fsp3) is 0.667. The number of rotatable bonds is 8. The number of nitrogens with one attached hydrogen (secondary N) is 1. The maximum Gasteiger partial charge on any atom is 0.119 e. The van der Waals surface area contributed by atoms with Crippen molar-refractivity contribution in [3.63, 3.8) is 0 Å². The van der Waals surface area contributed by atoms with Crippen LogP contribution in [0.25, 0.3) is 0 Å². The fourth-order valence-electron chi connectivity index (χ4n) is 2.46. The first-order chi connectivity index (χ1) is 10.2. The van der Waals surface area contributed by atoms with Crippen molar-refractivity contribution in [2.45, 2.75) is 52.2 Å². The second kappa shape index (κ2) is 9.06. The molecule has 2 rings (SSSR count). The lowest BCUT2D eigenvalue weighted by Gasteiger charge is -2.22. The molecule has 0 bridgehead atoms. The largest absolute Gasteiger partial charge is 0.494 e. The van der Waals surface area contributed by atoms with E-state index < -0.39 is 0 Å². The van der Waals surface area contributed by atoms with Crippen molar-refractivity contribution in [3.8, 4) is 5.75 Å². The molecule has 1 unspecified atom stereocenters. The van der Waals surface area contributed by atoms with Crippen molar-refractivity contribution in [1.29, 1.82) is 0 Å². The molecule has 1 fully saturated rings. The van der Waals surface area contributed by atoms with E-state index in [1.807, 2.05) is 0 Å². The molecule has 0 aliphatic carbocycles. The van der Waals surface area contributed by atoms with E-state index in [0.29, 0.717) is 12.0 Å². The Bertz CT molecular complexity index is 383. The Kier molecular flexibility index (Phi) is 7.04. The highest BCUT2D eigenvalue weighted by molar-refractivity contribution is 5.27. The minimum absolute atomic E-state index is 0.400. The van der Waals surface area contributed by atoms with Gasteiger partial charge in [-0.3, -0.25) is 0 Å². The van der Waals surface area contributed by atoms with Crippen LogP contribution in [0, 0.1) is 5.92 Å². The highest BCUT2D eigenvalue weighted by Crippen LogP contribution is 2.14. The SMILES string of the molecule is CC(C)CCOc1ccc(CNCC2CCCCO2)cc1. The molecule has 0 saturated carbocycles. The van der Waals surface area contributed by atoms with Crippen LogP contribution in [0.4, 0.5) is 0 Å². The summed E-state index contributed by atoms with van der Waals surface area (Å²) in [6, 6.07) is 8.40. The van der Waals surface area contributed by atoms with Gasteiger partial charge >= 0.3 is 0 Å². The molecule has 3 nitrogen and oxygen atoms in total. The molecule has 1 aliphatic heterocycles. The smallest absolute Gasteiger partial charge is 0.119 e. The molecule has 1 N–H and O–H groups in total. The number of hydrogen-bond acceptors (Lipinski definition) is 3. The summed E-state index contributed by atoms with van der Waals surface area (Å²) in [6.07, 6.45) is 5.21. The first-order valence-electron chi connectivity index (χ1n) is 8.28. The Morgan fingerprint density at radius 3 is 2.71 bits per heavy atom. The quantitative estimate of drug-likeness (QED) is 0.791. The highest BCUT2D eigenvalue weighted by atomic mass is 16.5. The lowest BCUT2D eigenvalue weighted by molar-refractivity contribution is 0.0168. The lowest BCUT2D eigenvalue weighted by atomic mass is 10.1. The Labute approximate surface area is 129 Å². The monoisotopic (exact) mass is 291 g/mol. The average molecular weight is 291 g/mol. The minimum atomic E-state index is 0.400. The molecule has 1 aromatic carbocycles. The molecular weight excluding hydrogens is 262 g/mol. The van der Waals surface area contributed by atoms with Gasteiger partial charge in [0.25, 0.3) is 0 Å². The van der Waals surface area contributed by atoms with Crippen LogP contribution >= 0.6 is 0 Å². The van der Waals surface area contributed by atoms with E-state index in [4.69, 9.17) is 9.47 Å². The Hall–Kier alpha value is -1.06. The Morgan fingerprint density at radius 1 is 1.24 bits per heavy atom. The molecule has 0 radical (unpaired) electrons. The van der Waals surface area contributed by atoms with E-state index in [2.05, 4.69) is 43.4 Å². The van der Waals surface area contributed by atoms with Gasteiger partial charge in [0, 0.05) is 19.7 Å². The molecule has 3 heteroatoms. The van der Waals surface area contributed by atoms with E-state index in [9.17, 15) is 0 Å². The van der Waals surface area contributed by atoms with Crippen molar-refractivity contribution < 1.29 is 9.47 Å². The van der Waals surface area contributed by atoms with E-state index in [-0.39, 0.29) is 0 Å². The topological polar surface area (TPSA) is 30.5 Å².